The van der Waals surface area contributed by atoms with Gasteiger partial charge in [-0.3, -0.25) is 0 Å². The SMILES string of the molecule is CCOC(=O)[C@@H]1O[C@H]1CC(C)C. The monoisotopic (exact) mass is 172 g/mol. The summed E-state index contributed by atoms with van der Waals surface area (Å²) >= 11 is 0. The first kappa shape index (κ1) is 9.52. The molecule has 1 fully saturated rings. The summed E-state index contributed by atoms with van der Waals surface area (Å²) in [4.78, 5) is 11.1. The van der Waals surface area contributed by atoms with Crippen molar-refractivity contribution < 1.29 is 14.3 Å². The first-order valence-corrected chi connectivity index (χ1v) is 4.47. The Bertz CT molecular complexity index is 165. The molecule has 0 saturated carbocycles. The van der Waals surface area contributed by atoms with E-state index in [9.17, 15) is 4.79 Å². The molecule has 1 heterocycles. The summed E-state index contributed by atoms with van der Waals surface area (Å²) in [6.45, 7) is 6.47. The molecule has 0 aromatic rings. The predicted octanol–water partition coefficient (Wildman–Crippen LogP) is 1.36. The third kappa shape index (κ3) is 2.48. The van der Waals surface area contributed by atoms with Gasteiger partial charge in [0.05, 0.1) is 12.7 Å². The van der Waals surface area contributed by atoms with Crippen molar-refractivity contribution in [1.82, 2.24) is 0 Å². The van der Waals surface area contributed by atoms with Crippen molar-refractivity contribution in [2.45, 2.75) is 39.4 Å². The molecule has 12 heavy (non-hydrogen) atoms. The number of rotatable bonds is 4. The quantitative estimate of drug-likeness (QED) is 0.475. The lowest BCUT2D eigenvalue weighted by atomic mass is 10.1. The van der Waals surface area contributed by atoms with Crippen LogP contribution in [0.2, 0.25) is 0 Å². The van der Waals surface area contributed by atoms with Crippen LogP contribution in [0.4, 0.5) is 0 Å². The van der Waals surface area contributed by atoms with E-state index in [0.29, 0.717) is 12.5 Å². The van der Waals surface area contributed by atoms with Gasteiger partial charge in [0.15, 0.2) is 6.10 Å². The molecule has 2 atom stereocenters. The molecule has 0 amide bonds. The summed E-state index contributed by atoms with van der Waals surface area (Å²) in [6.07, 6.45) is 0.792. The van der Waals surface area contributed by atoms with Gasteiger partial charge < -0.3 is 9.47 Å². The van der Waals surface area contributed by atoms with E-state index in [4.69, 9.17) is 9.47 Å². The van der Waals surface area contributed by atoms with Crippen LogP contribution < -0.4 is 0 Å². The van der Waals surface area contributed by atoms with Gasteiger partial charge >= 0.3 is 5.97 Å². The van der Waals surface area contributed by atoms with E-state index in [1.165, 1.54) is 0 Å². The zero-order valence-corrected chi connectivity index (χ0v) is 7.87. The van der Waals surface area contributed by atoms with Gasteiger partial charge in [0.25, 0.3) is 0 Å². The van der Waals surface area contributed by atoms with Crippen LogP contribution in [0.1, 0.15) is 27.2 Å². The third-order valence-corrected chi connectivity index (χ3v) is 1.81. The van der Waals surface area contributed by atoms with Gasteiger partial charge in [0, 0.05) is 0 Å². The molecule has 0 radical (unpaired) electrons. The Morgan fingerprint density at radius 3 is 2.75 bits per heavy atom. The maximum Gasteiger partial charge on any atom is 0.337 e. The van der Waals surface area contributed by atoms with E-state index < -0.39 is 0 Å². The van der Waals surface area contributed by atoms with Gasteiger partial charge in [0.2, 0.25) is 0 Å². The van der Waals surface area contributed by atoms with Crippen molar-refractivity contribution >= 4 is 5.97 Å². The molecular weight excluding hydrogens is 156 g/mol. The van der Waals surface area contributed by atoms with Crippen LogP contribution in [0.3, 0.4) is 0 Å². The second-order valence-corrected chi connectivity index (χ2v) is 3.48. The zero-order chi connectivity index (χ0) is 9.14. The van der Waals surface area contributed by atoms with Crippen LogP contribution in [0.15, 0.2) is 0 Å². The summed E-state index contributed by atoms with van der Waals surface area (Å²) < 4.78 is 9.98. The Hall–Kier alpha value is -0.570. The van der Waals surface area contributed by atoms with E-state index in [1.54, 1.807) is 6.92 Å². The fraction of sp³-hybridized carbons (Fsp3) is 0.889. The summed E-state index contributed by atoms with van der Waals surface area (Å²) in [7, 11) is 0. The van der Waals surface area contributed by atoms with E-state index in [2.05, 4.69) is 13.8 Å². The second-order valence-electron chi connectivity index (χ2n) is 3.48. The zero-order valence-electron chi connectivity index (χ0n) is 7.87. The highest BCUT2D eigenvalue weighted by atomic mass is 16.6. The first-order valence-electron chi connectivity index (χ1n) is 4.47. The van der Waals surface area contributed by atoms with Crippen LogP contribution in [0, 0.1) is 5.92 Å². The molecular formula is C9H16O3. The van der Waals surface area contributed by atoms with Crippen LogP contribution in [0.5, 0.6) is 0 Å². The predicted molar refractivity (Wildman–Crippen MR) is 44.7 cm³/mol. The molecule has 3 nitrogen and oxygen atoms in total. The third-order valence-electron chi connectivity index (χ3n) is 1.81. The number of esters is 1. The van der Waals surface area contributed by atoms with Crippen LogP contribution in [-0.4, -0.2) is 24.8 Å². The smallest absolute Gasteiger partial charge is 0.337 e. The van der Waals surface area contributed by atoms with E-state index in [0.717, 1.165) is 6.42 Å². The van der Waals surface area contributed by atoms with Gasteiger partial charge in [-0.25, -0.2) is 4.79 Å². The fourth-order valence-electron chi connectivity index (χ4n) is 1.22. The number of carbonyl (C=O) groups excluding carboxylic acids is 1. The largest absolute Gasteiger partial charge is 0.464 e. The molecule has 1 aliphatic heterocycles. The lowest BCUT2D eigenvalue weighted by Gasteiger charge is -1.99. The topological polar surface area (TPSA) is 38.8 Å². The Morgan fingerprint density at radius 1 is 1.58 bits per heavy atom. The van der Waals surface area contributed by atoms with Gasteiger partial charge in [-0.2, -0.15) is 0 Å². The molecule has 0 bridgehead atoms. The molecule has 0 aromatic heterocycles. The maximum absolute atomic E-state index is 11.1. The van der Waals surface area contributed by atoms with Gasteiger partial charge in [-0.1, -0.05) is 13.8 Å². The highest BCUT2D eigenvalue weighted by Crippen LogP contribution is 2.29. The van der Waals surface area contributed by atoms with Crippen molar-refractivity contribution in [3.05, 3.63) is 0 Å². The molecule has 0 aliphatic carbocycles. The van der Waals surface area contributed by atoms with Crippen molar-refractivity contribution in [2.75, 3.05) is 6.61 Å². The van der Waals surface area contributed by atoms with Crippen LogP contribution >= 0.6 is 0 Å². The Labute approximate surface area is 73.0 Å². The number of ether oxygens (including phenoxy) is 2. The summed E-state index contributed by atoms with van der Waals surface area (Å²) in [5.74, 6) is 0.373. The molecule has 1 rings (SSSR count). The molecule has 1 saturated heterocycles. The Balaban J connectivity index is 2.18. The number of epoxide rings is 1. The average Bonchev–Trinajstić information content (AvgIpc) is 2.67. The highest BCUT2D eigenvalue weighted by molar-refractivity contribution is 5.77. The second kappa shape index (κ2) is 3.90. The minimum Gasteiger partial charge on any atom is -0.464 e. The molecule has 0 unspecified atom stereocenters. The standard InChI is InChI=1S/C9H16O3/c1-4-11-9(10)8-7(12-8)5-6(2)3/h6-8H,4-5H2,1-3H3/t7-,8+/m0/s1. The molecule has 0 spiro atoms. The van der Waals surface area contributed by atoms with Crippen molar-refractivity contribution in [2.24, 2.45) is 5.92 Å². The van der Waals surface area contributed by atoms with Gasteiger partial charge in [-0.05, 0) is 19.3 Å². The lowest BCUT2D eigenvalue weighted by molar-refractivity contribution is -0.144. The summed E-state index contributed by atoms with van der Waals surface area (Å²) in [6, 6.07) is 0. The van der Waals surface area contributed by atoms with E-state index in [1.807, 2.05) is 0 Å². The molecule has 3 heteroatoms. The minimum absolute atomic E-state index is 0.115. The Morgan fingerprint density at radius 2 is 2.25 bits per heavy atom. The number of hydrogen-bond acceptors (Lipinski definition) is 3. The van der Waals surface area contributed by atoms with Gasteiger partial charge in [-0.15, -0.1) is 0 Å². The van der Waals surface area contributed by atoms with Crippen LogP contribution in [-0.2, 0) is 14.3 Å². The van der Waals surface area contributed by atoms with E-state index in [-0.39, 0.29) is 18.2 Å². The number of carbonyl (C=O) groups is 1. The fourth-order valence-corrected chi connectivity index (χ4v) is 1.22. The first-order chi connectivity index (χ1) is 5.65. The minimum atomic E-state index is -0.271. The molecule has 0 N–H and O–H groups in total. The maximum atomic E-state index is 11.1. The molecule has 70 valence electrons. The summed E-state index contributed by atoms with van der Waals surface area (Å²) in [5.41, 5.74) is 0. The van der Waals surface area contributed by atoms with Crippen molar-refractivity contribution in [3.8, 4) is 0 Å². The lowest BCUT2D eigenvalue weighted by Crippen LogP contribution is -2.14. The highest BCUT2D eigenvalue weighted by Gasteiger charge is 2.46. The Kier molecular flexibility index (Phi) is 3.09. The summed E-state index contributed by atoms with van der Waals surface area (Å²) in [5, 5.41) is 0. The van der Waals surface area contributed by atoms with Crippen LogP contribution in [0.25, 0.3) is 0 Å². The number of hydrogen-bond donors (Lipinski definition) is 0. The molecule has 0 aromatic carbocycles. The van der Waals surface area contributed by atoms with Gasteiger partial charge in [0.1, 0.15) is 0 Å². The van der Waals surface area contributed by atoms with E-state index >= 15 is 0 Å². The normalized spacial score (nSPS) is 27.3. The average molecular weight is 172 g/mol. The molecule has 1 aliphatic rings. The van der Waals surface area contributed by atoms with Crippen molar-refractivity contribution in [1.29, 1.82) is 0 Å². The van der Waals surface area contributed by atoms with Crippen molar-refractivity contribution in [3.63, 3.8) is 0 Å².